The summed E-state index contributed by atoms with van der Waals surface area (Å²) in [6.07, 6.45) is 12.6. The van der Waals surface area contributed by atoms with Crippen LogP contribution >= 0.6 is 0 Å². The third-order valence-corrected chi connectivity index (χ3v) is 9.57. The Labute approximate surface area is 236 Å². The smallest absolute Gasteiger partial charge is 0.235 e. The molecule has 6 heteroatoms. The second-order valence-electron chi connectivity index (χ2n) is 12.0. The Bertz CT molecular complexity index is 1460. The van der Waals surface area contributed by atoms with E-state index < -0.39 is 23.2 Å². The summed E-state index contributed by atoms with van der Waals surface area (Å²) in [5.74, 6) is -1.95. The van der Waals surface area contributed by atoms with Gasteiger partial charge in [-0.05, 0) is 67.9 Å². The highest BCUT2D eigenvalue weighted by molar-refractivity contribution is 6.15. The molecule has 0 bridgehead atoms. The van der Waals surface area contributed by atoms with E-state index in [-0.39, 0.29) is 41.4 Å². The van der Waals surface area contributed by atoms with Crippen LogP contribution < -0.4 is 5.32 Å². The van der Waals surface area contributed by atoms with Crippen LogP contribution in [0.5, 0.6) is 0 Å². The lowest BCUT2D eigenvalue weighted by Crippen LogP contribution is -2.52. The number of amides is 1. The summed E-state index contributed by atoms with van der Waals surface area (Å²) in [7, 11) is 0. The lowest BCUT2D eigenvalue weighted by Gasteiger charge is -2.46. The number of carbonyl (C=O) groups excluding carboxylic acids is 3. The van der Waals surface area contributed by atoms with Gasteiger partial charge in [-0.3, -0.25) is 14.4 Å². The van der Waals surface area contributed by atoms with Gasteiger partial charge in [0.25, 0.3) is 0 Å². The summed E-state index contributed by atoms with van der Waals surface area (Å²) >= 11 is 0. The highest BCUT2D eigenvalue weighted by atomic mass is 16.3. The molecule has 6 nitrogen and oxygen atoms in total. The fraction of sp³-hybridized carbons (Fsp3) is 0.441. The molecule has 1 amide bonds. The van der Waals surface area contributed by atoms with E-state index in [1.54, 1.807) is 6.92 Å². The zero-order valence-corrected chi connectivity index (χ0v) is 24.0. The Morgan fingerprint density at radius 2 is 1.82 bits per heavy atom. The van der Waals surface area contributed by atoms with E-state index in [9.17, 15) is 19.5 Å². The van der Waals surface area contributed by atoms with Crippen LogP contribution in [0.15, 0.2) is 78.1 Å². The van der Waals surface area contributed by atoms with Gasteiger partial charge in [0.2, 0.25) is 5.91 Å². The first-order valence-corrected chi connectivity index (χ1v) is 14.5. The minimum atomic E-state index is -1.39. The number of nitrogens with one attached hydrogen (secondary N) is 2. The minimum absolute atomic E-state index is 0.0124. The molecule has 5 rings (SSSR count). The lowest BCUT2D eigenvalue weighted by molar-refractivity contribution is -0.142. The Balaban J connectivity index is 1.67. The Morgan fingerprint density at radius 1 is 1.07 bits per heavy atom. The molecule has 0 unspecified atom stereocenters. The highest BCUT2D eigenvalue weighted by Gasteiger charge is 2.66. The van der Waals surface area contributed by atoms with E-state index in [1.165, 1.54) is 11.6 Å². The molecule has 3 aliphatic rings. The number of rotatable bonds is 3. The number of aromatic nitrogens is 1. The zero-order valence-electron chi connectivity index (χ0n) is 24.0. The molecule has 2 heterocycles. The molecule has 0 saturated carbocycles. The van der Waals surface area contributed by atoms with Gasteiger partial charge in [0.05, 0.1) is 0 Å². The first-order chi connectivity index (χ1) is 19.1. The van der Waals surface area contributed by atoms with Crippen molar-refractivity contribution in [2.24, 2.45) is 29.1 Å². The summed E-state index contributed by atoms with van der Waals surface area (Å²) < 4.78 is 0. The topological polar surface area (TPSA) is 99.3 Å². The SMILES string of the molecule is CC[C@@H]1C(C)=C[C@@H]2C=CC[C@H](C)C=C(C)[C@@H](O)C(=O)C=CC(=O)[C@]23C(=O)N[C@@H]([C@H](C)c2c[nH]c4ccccc24)[C@H]13. The van der Waals surface area contributed by atoms with Crippen molar-refractivity contribution in [1.82, 2.24) is 10.3 Å². The predicted molar refractivity (Wildman–Crippen MR) is 157 cm³/mol. The molecule has 1 saturated heterocycles. The highest BCUT2D eigenvalue weighted by Crippen LogP contribution is 2.57. The van der Waals surface area contributed by atoms with Crippen molar-refractivity contribution in [3.05, 3.63) is 83.6 Å². The number of para-hydroxylation sites is 1. The number of H-pyrrole nitrogens is 1. The maximum absolute atomic E-state index is 14.3. The van der Waals surface area contributed by atoms with Crippen LogP contribution in [0.1, 0.15) is 58.9 Å². The van der Waals surface area contributed by atoms with Crippen molar-refractivity contribution in [2.45, 2.75) is 65.5 Å². The van der Waals surface area contributed by atoms with Gasteiger partial charge in [0.15, 0.2) is 11.6 Å². The van der Waals surface area contributed by atoms with Gasteiger partial charge in [-0.2, -0.15) is 0 Å². The van der Waals surface area contributed by atoms with Crippen LogP contribution in [0.3, 0.4) is 0 Å². The van der Waals surface area contributed by atoms with Crippen LogP contribution in [-0.4, -0.2) is 39.7 Å². The normalized spacial score (nSPS) is 33.7. The number of aliphatic hydroxyl groups excluding tert-OH is 1. The van der Waals surface area contributed by atoms with E-state index in [0.717, 1.165) is 29.0 Å². The number of hydrogen-bond donors (Lipinski definition) is 3. The Morgan fingerprint density at radius 3 is 2.58 bits per heavy atom. The second-order valence-corrected chi connectivity index (χ2v) is 12.0. The summed E-state index contributed by atoms with van der Waals surface area (Å²) in [6, 6.07) is 7.84. The summed E-state index contributed by atoms with van der Waals surface area (Å²) in [4.78, 5) is 44.8. The fourth-order valence-corrected chi connectivity index (χ4v) is 7.54. The van der Waals surface area contributed by atoms with Gasteiger partial charge in [-0.1, -0.05) is 68.8 Å². The standard InChI is InChI=1S/C34H40N2O4/c1-6-24-20(3)17-23-11-9-10-19(2)16-21(4)32(39)28(37)14-15-29(38)34(23)30(24)31(36-33(34)40)22(5)26-18-35-27-13-8-7-12-25(26)27/h7-9,11-19,22-24,30-32,35,39H,6,10H2,1-5H3,(H,36,40)/t19-,22+,23-,24+,30-,31-,32+,34+/m0/s1. The first kappa shape index (κ1) is 28.0. The van der Waals surface area contributed by atoms with E-state index in [2.05, 4.69) is 43.2 Å². The molecular formula is C34H40N2O4. The van der Waals surface area contributed by atoms with Crippen LogP contribution in [0, 0.1) is 29.1 Å². The number of ketones is 2. The number of fused-ring (bicyclic) bond motifs is 1. The van der Waals surface area contributed by atoms with Gasteiger partial charge in [0.1, 0.15) is 11.5 Å². The third-order valence-electron chi connectivity index (χ3n) is 9.57. The minimum Gasteiger partial charge on any atom is -0.381 e. The van der Waals surface area contributed by atoms with Crippen LogP contribution in [0.25, 0.3) is 10.9 Å². The Hall–Kier alpha value is -3.51. The van der Waals surface area contributed by atoms with Crippen molar-refractivity contribution in [2.75, 3.05) is 0 Å². The van der Waals surface area contributed by atoms with Gasteiger partial charge in [0, 0.05) is 40.9 Å². The van der Waals surface area contributed by atoms with Crippen molar-refractivity contribution < 1.29 is 19.5 Å². The predicted octanol–water partition coefficient (Wildman–Crippen LogP) is 5.57. The van der Waals surface area contributed by atoms with Gasteiger partial charge < -0.3 is 15.4 Å². The third kappa shape index (κ3) is 4.43. The molecule has 1 aliphatic heterocycles. The van der Waals surface area contributed by atoms with Crippen molar-refractivity contribution in [3.8, 4) is 0 Å². The number of allylic oxidation sites excluding steroid dienone is 6. The molecule has 1 spiro atoms. The molecule has 2 aliphatic carbocycles. The largest absolute Gasteiger partial charge is 0.381 e. The average Bonchev–Trinajstić information content (AvgIpc) is 3.50. The average molecular weight is 541 g/mol. The number of benzene rings is 1. The molecule has 1 fully saturated rings. The second kappa shape index (κ2) is 10.8. The molecule has 2 aromatic rings. The summed E-state index contributed by atoms with van der Waals surface area (Å²) in [5, 5.41) is 15.0. The molecular weight excluding hydrogens is 500 g/mol. The number of carbonyl (C=O) groups is 3. The molecule has 210 valence electrons. The maximum atomic E-state index is 14.3. The van der Waals surface area contributed by atoms with E-state index in [1.807, 2.05) is 49.5 Å². The quantitative estimate of drug-likeness (QED) is 0.350. The van der Waals surface area contributed by atoms with Gasteiger partial charge in [-0.25, -0.2) is 0 Å². The van der Waals surface area contributed by atoms with E-state index in [0.29, 0.717) is 12.0 Å². The zero-order chi connectivity index (χ0) is 28.8. The molecule has 1 aromatic heterocycles. The van der Waals surface area contributed by atoms with Gasteiger partial charge in [-0.15, -0.1) is 0 Å². The molecule has 8 atom stereocenters. The fourth-order valence-electron chi connectivity index (χ4n) is 7.54. The Kier molecular flexibility index (Phi) is 7.58. The first-order valence-electron chi connectivity index (χ1n) is 14.5. The van der Waals surface area contributed by atoms with E-state index >= 15 is 0 Å². The molecule has 40 heavy (non-hydrogen) atoms. The monoisotopic (exact) mass is 540 g/mol. The number of aliphatic hydroxyl groups is 1. The number of aromatic amines is 1. The summed E-state index contributed by atoms with van der Waals surface area (Å²) in [5.41, 5.74) is 2.49. The molecule has 1 aromatic carbocycles. The van der Waals surface area contributed by atoms with Crippen LogP contribution in [-0.2, 0) is 14.4 Å². The summed E-state index contributed by atoms with van der Waals surface area (Å²) in [6.45, 7) is 10.1. The van der Waals surface area contributed by atoms with Crippen LogP contribution in [0.4, 0.5) is 0 Å². The van der Waals surface area contributed by atoms with E-state index in [4.69, 9.17) is 0 Å². The maximum Gasteiger partial charge on any atom is 0.235 e. The van der Waals surface area contributed by atoms with Crippen molar-refractivity contribution >= 4 is 28.4 Å². The lowest BCUT2D eigenvalue weighted by atomic mass is 9.53. The van der Waals surface area contributed by atoms with Crippen molar-refractivity contribution in [1.29, 1.82) is 0 Å². The van der Waals surface area contributed by atoms with Crippen molar-refractivity contribution in [3.63, 3.8) is 0 Å². The number of hydrogen-bond acceptors (Lipinski definition) is 4. The van der Waals surface area contributed by atoms with Crippen LogP contribution in [0.2, 0.25) is 0 Å². The molecule has 3 N–H and O–H groups in total. The molecule has 0 radical (unpaired) electrons. The van der Waals surface area contributed by atoms with Gasteiger partial charge >= 0.3 is 0 Å².